The minimum absolute atomic E-state index is 0.0676. The van der Waals surface area contributed by atoms with Gasteiger partial charge in [0.2, 0.25) is 11.9 Å². The zero-order valence-electron chi connectivity index (χ0n) is 45.4. The van der Waals surface area contributed by atoms with Gasteiger partial charge in [-0.15, -0.1) is 0 Å². The molecule has 8 rings (SSSR count). The maximum Gasteiger partial charge on any atom is 0.389 e. The SMILES string of the molecule is CCOCC.CCOCC.Cc1ccc(NC(=O)N2CC[C@@H](CC(F)(F)F)C2)cc1-c1cc(N)nc(N[C@@H]2CC[C@@H](O)C2)n1.Cc1ccc(NC(=O)N2CC[C@@H](CC(F)(F)F)C2)cc1-c1cc(N)nc(N[C@H]2CC[C@H](O)C2)n1. The fourth-order valence-corrected chi connectivity index (χ4v) is 9.67. The van der Waals surface area contributed by atoms with Crippen LogP contribution < -0.4 is 32.7 Å². The van der Waals surface area contributed by atoms with Crippen molar-refractivity contribution in [2.24, 2.45) is 11.8 Å². The van der Waals surface area contributed by atoms with E-state index in [1.54, 1.807) is 36.4 Å². The smallest absolute Gasteiger partial charge is 0.389 e. The van der Waals surface area contributed by atoms with Gasteiger partial charge in [0.1, 0.15) is 11.6 Å². The summed E-state index contributed by atoms with van der Waals surface area (Å²) in [6, 6.07) is 13.2. The lowest BCUT2D eigenvalue weighted by Crippen LogP contribution is -2.33. The fourth-order valence-electron chi connectivity index (χ4n) is 9.67. The Kier molecular flexibility index (Phi) is 23.8. The van der Waals surface area contributed by atoms with Gasteiger partial charge in [0, 0.05) is 112 Å². The summed E-state index contributed by atoms with van der Waals surface area (Å²) in [7, 11) is 0. The van der Waals surface area contributed by atoms with Crippen LogP contribution in [0.4, 0.5) is 70.8 Å². The van der Waals surface area contributed by atoms with Crippen LogP contribution in [0.15, 0.2) is 48.5 Å². The summed E-state index contributed by atoms with van der Waals surface area (Å²) < 4.78 is 85.6. The minimum Gasteiger partial charge on any atom is -0.393 e. The first-order chi connectivity index (χ1) is 36.9. The molecule has 6 atom stereocenters. The van der Waals surface area contributed by atoms with E-state index in [9.17, 15) is 46.1 Å². The number of nitrogen functional groups attached to an aromatic ring is 2. The number of aryl methyl sites for hydroxylation is 2. The topological polar surface area (TPSA) is 251 Å². The van der Waals surface area contributed by atoms with Crippen molar-refractivity contribution in [2.75, 3.05) is 85.3 Å². The molecule has 2 aromatic carbocycles. The average Bonchev–Trinajstić information content (AvgIpc) is 4.21. The lowest BCUT2D eigenvalue weighted by atomic mass is 10.0. The van der Waals surface area contributed by atoms with Gasteiger partial charge < -0.3 is 62.2 Å². The van der Waals surface area contributed by atoms with Crippen LogP contribution in [0.2, 0.25) is 0 Å². The number of urea groups is 2. The highest BCUT2D eigenvalue weighted by atomic mass is 19.4. The van der Waals surface area contributed by atoms with Crippen LogP contribution in [0.3, 0.4) is 0 Å². The van der Waals surface area contributed by atoms with E-state index < -0.39 is 49.1 Å². The predicted molar refractivity (Wildman–Crippen MR) is 291 cm³/mol. The number of nitrogens with two attached hydrogens (primary N) is 2. The highest BCUT2D eigenvalue weighted by Crippen LogP contribution is 2.34. The van der Waals surface area contributed by atoms with Gasteiger partial charge in [-0.2, -0.15) is 36.3 Å². The van der Waals surface area contributed by atoms with Gasteiger partial charge in [0.25, 0.3) is 0 Å². The number of rotatable bonds is 14. The molecule has 2 saturated carbocycles. The molecule has 2 aromatic heterocycles. The number of anilines is 6. The van der Waals surface area contributed by atoms with Crippen LogP contribution in [-0.2, 0) is 9.47 Å². The van der Waals surface area contributed by atoms with Gasteiger partial charge >= 0.3 is 24.4 Å². The first kappa shape index (κ1) is 62.6. The number of hydrogen-bond donors (Lipinski definition) is 8. The largest absolute Gasteiger partial charge is 0.393 e. The van der Waals surface area contributed by atoms with Crippen molar-refractivity contribution < 1.29 is 55.6 Å². The highest BCUT2D eigenvalue weighted by Gasteiger charge is 2.38. The second-order valence-electron chi connectivity index (χ2n) is 19.9. The standard InChI is InChI=1S/2C23H29F3N6O2.2C4H10O/c2*1-13-2-3-16(29-22(34)32-7-6-14(12-32)11-23(24,25)26)9-18(13)19-10-20(27)31-21(30-19)28-15-4-5-17(33)8-15;2*1-3-5-4-2/h2*2-3,9-10,14-15,17,33H,4-8,11-12H2,1H3,(H,29,34)(H3,27,28,30,31);2*3-4H2,1-2H3/t14-,15+,17+;14-,15-,17-;;/m00../s1. The third-order valence-electron chi connectivity index (χ3n) is 13.5. The van der Waals surface area contributed by atoms with Crippen LogP contribution >= 0.6 is 0 Å². The van der Waals surface area contributed by atoms with Crippen molar-refractivity contribution in [3.63, 3.8) is 0 Å². The zero-order valence-corrected chi connectivity index (χ0v) is 45.4. The number of ether oxygens (including phenoxy) is 2. The molecule has 2 aliphatic carbocycles. The van der Waals surface area contributed by atoms with Gasteiger partial charge in [0.05, 0.1) is 23.6 Å². The number of aromatic nitrogens is 4. The molecule has 0 unspecified atom stereocenters. The van der Waals surface area contributed by atoms with Crippen LogP contribution in [0, 0.1) is 25.7 Å². The highest BCUT2D eigenvalue weighted by molar-refractivity contribution is 5.91. The van der Waals surface area contributed by atoms with Crippen LogP contribution in [0.1, 0.15) is 103 Å². The number of nitrogens with zero attached hydrogens (tertiary/aromatic N) is 6. The lowest BCUT2D eigenvalue weighted by molar-refractivity contribution is -0.144. The van der Waals surface area contributed by atoms with Gasteiger partial charge in [-0.1, -0.05) is 12.1 Å². The van der Waals surface area contributed by atoms with Crippen LogP contribution in [0.5, 0.6) is 0 Å². The quantitative estimate of drug-likeness (QED) is 0.0547. The second-order valence-corrected chi connectivity index (χ2v) is 19.9. The van der Waals surface area contributed by atoms with E-state index in [1.165, 1.54) is 9.80 Å². The summed E-state index contributed by atoms with van der Waals surface area (Å²) in [5.74, 6) is 0.164. The average molecular weight is 1110 g/mol. The molecule has 78 heavy (non-hydrogen) atoms. The van der Waals surface area contributed by atoms with Crippen molar-refractivity contribution in [1.29, 1.82) is 0 Å². The molecule has 0 spiro atoms. The monoisotopic (exact) mass is 1100 g/mol. The fraction of sp³-hybridized carbons (Fsp3) is 0.593. The number of nitrogens with one attached hydrogen (secondary N) is 4. The van der Waals surface area contributed by atoms with Crippen molar-refractivity contribution in [3.05, 3.63) is 59.7 Å². The zero-order chi connectivity index (χ0) is 57.2. The maximum atomic E-state index is 12.7. The summed E-state index contributed by atoms with van der Waals surface area (Å²) >= 11 is 0. The van der Waals surface area contributed by atoms with E-state index in [0.29, 0.717) is 73.4 Å². The Bertz CT molecular complexity index is 2370. The van der Waals surface area contributed by atoms with Crippen molar-refractivity contribution in [2.45, 2.75) is 142 Å². The molecule has 4 fully saturated rings. The summed E-state index contributed by atoms with van der Waals surface area (Å²) in [4.78, 5) is 45.8. The molecule has 18 nitrogen and oxygen atoms in total. The predicted octanol–water partition coefficient (Wildman–Crippen LogP) is 10.4. The molecule has 0 radical (unpaired) electrons. The summed E-state index contributed by atoms with van der Waals surface area (Å²) in [6.45, 7) is 15.9. The molecule has 2 aliphatic heterocycles. The molecular weight excluding hydrogens is 1030 g/mol. The molecule has 432 valence electrons. The molecule has 2 saturated heterocycles. The first-order valence-corrected chi connectivity index (χ1v) is 26.8. The summed E-state index contributed by atoms with van der Waals surface area (Å²) in [5.41, 5.74) is 17.5. The third kappa shape index (κ3) is 20.9. The van der Waals surface area contributed by atoms with Crippen molar-refractivity contribution in [1.82, 2.24) is 29.7 Å². The number of likely N-dealkylation sites (tertiary alicyclic amines) is 2. The van der Waals surface area contributed by atoms with E-state index >= 15 is 0 Å². The maximum absolute atomic E-state index is 12.7. The lowest BCUT2D eigenvalue weighted by Gasteiger charge is -2.19. The Morgan fingerprint density at radius 1 is 0.590 bits per heavy atom. The molecule has 4 amide bonds. The number of carbonyl (C=O) groups is 2. The molecule has 0 bridgehead atoms. The number of aliphatic hydroxyl groups is 2. The number of aliphatic hydroxyl groups excluding tert-OH is 2. The number of carbonyl (C=O) groups excluding carboxylic acids is 2. The normalized spacial score (nSPS) is 20.9. The van der Waals surface area contributed by atoms with E-state index in [-0.39, 0.29) is 49.0 Å². The summed E-state index contributed by atoms with van der Waals surface area (Å²) in [6.07, 6.45) is -5.90. The van der Waals surface area contributed by atoms with Crippen molar-refractivity contribution in [3.8, 4) is 22.5 Å². The minimum atomic E-state index is -4.23. The van der Waals surface area contributed by atoms with E-state index in [1.807, 2.05) is 53.7 Å². The van der Waals surface area contributed by atoms with Gasteiger partial charge in [0.15, 0.2) is 0 Å². The Morgan fingerprint density at radius 3 is 1.27 bits per heavy atom. The van der Waals surface area contributed by atoms with Gasteiger partial charge in [-0.25, -0.2) is 19.6 Å². The Morgan fingerprint density at radius 2 is 0.962 bits per heavy atom. The summed E-state index contributed by atoms with van der Waals surface area (Å²) in [5, 5.41) is 31.5. The van der Waals surface area contributed by atoms with Crippen LogP contribution in [0.25, 0.3) is 22.5 Å². The van der Waals surface area contributed by atoms with Gasteiger partial charge in [-0.05, 0) is 140 Å². The Hall–Kier alpha value is -6.24. The van der Waals surface area contributed by atoms with Crippen molar-refractivity contribution >= 4 is 47.0 Å². The number of amides is 4. The Labute approximate surface area is 452 Å². The second kappa shape index (κ2) is 29.7. The Balaban J connectivity index is 0.000000245. The number of hydrogen-bond acceptors (Lipinski definition) is 14. The molecule has 10 N–H and O–H groups in total. The first-order valence-electron chi connectivity index (χ1n) is 26.8. The number of halogens is 6. The third-order valence-corrected chi connectivity index (χ3v) is 13.5. The van der Waals surface area contributed by atoms with E-state index in [0.717, 1.165) is 74.4 Å². The van der Waals surface area contributed by atoms with Crippen LogP contribution in [-0.4, -0.2) is 141 Å². The number of benzene rings is 2. The molecule has 4 aromatic rings. The van der Waals surface area contributed by atoms with Gasteiger partial charge in [-0.3, -0.25) is 0 Å². The molecule has 24 heteroatoms. The number of alkyl halides is 6. The molecule has 4 aliphatic rings. The van der Waals surface area contributed by atoms with E-state index in [2.05, 4.69) is 41.2 Å². The molecule has 4 heterocycles. The molecular formula is C54H78F6N12O6. The van der Waals surface area contributed by atoms with E-state index in [4.69, 9.17) is 20.9 Å².